The first-order valence-corrected chi connectivity index (χ1v) is 6.09. The summed E-state index contributed by atoms with van der Waals surface area (Å²) in [7, 11) is 0. The number of carbonyl (C=O) groups excluding carboxylic acids is 2. The number of aryl methyl sites for hydroxylation is 1. The predicted molar refractivity (Wildman–Crippen MR) is 65.8 cm³/mol. The summed E-state index contributed by atoms with van der Waals surface area (Å²) in [6.45, 7) is 7.42. The molecule has 7 heteroatoms. The third-order valence-corrected chi connectivity index (χ3v) is 3.04. The quantitative estimate of drug-likeness (QED) is 0.793. The molecule has 0 atom stereocenters. The zero-order valence-corrected chi connectivity index (χ0v) is 11.1. The van der Waals surface area contributed by atoms with Gasteiger partial charge in [0.05, 0.1) is 0 Å². The van der Waals surface area contributed by atoms with Gasteiger partial charge in [0.25, 0.3) is 0 Å². The van der Waals surface area contributed by atoms with Crippen molar-refractivity contribution in [3.8, 4) is 0 Å². The van der Waals surface area contributed by atoms with Crippen LogP contribution in [0, 0.1) is 6.92 Å². The maximum atomic E-state index is 11.6. The van der Waals surface area contributed by atoms with E-state index in [4.69, 9.17) is 0 Å². The number of nitrogens with one attached hydrogen (secondary N) is 2. The van der Waals surface area contributed by atoms with Gasteiger partial charge in [-0.1, -0.05) is 18.3 Å². The lowest BCUT2D eigenvalue weighted by molar-refractivity contribution is -0.137. The van der Waals surface area contributed by atoms with E-state index >= 15 is 0 Å². The fraction of sp³-hybridized carbons (Fsp3) is 0.600. The molecule has 6 nitrogen and oxygen atoms in total. The highest BCUT2D eigenvalue weighted by molar-refractivity contribution is 7.15. The molecule has 17 heavy (non-hydrogen) atoms. The molecule has 0 radical (unpaired) electrons. The minimum absolute atomic E-state index is 0.331. The summed E-state index contributed by atoms with van der Waals surface area (Å²) < 4.78 is 0. The van der Waals surface area contributed by atoms with Gasteiger partial charge in [0.2, 0.25) is 5.13 Å². The molecule has 2 N–H and O–H groups in total. The molecule has 0 aliphatic carbocycles. The van der Waals surface area contributed by atoms with Crippen molar-refractivity contribution in [3.63, 3.8) is 0 Å². The van der Waals surface area contributed by atoms with Crippen LogP contribution >= 0.6 is 11.3 Å². The number of nitrogens with zero attached hydrogens (tertiary/aromatic N) is 2. The van der Waals surface area contributed by atoms with Gasteiger partial charge < -0.3 is 5.32 Å². The maximum Gasteiger partial charge on any atom is 0.315 e. The zero-order chi connectivity index (χ0) is 13.1. The zero-order valence-electron chi connectivity index (χ0n) is 10.3. The van der Waals surface area contributed by atoms with E-state index in [1.165, 1.54) is 11.3 Å². The highest BCUT2D eigenvalue weighted by Crippen LogP contribution is 2.13. The smallest absolute Gasteiger partial charge is 0.315 e. The lowest BCUT2D eigenvalue weighted by atomic mass is 10.0. The second-order valence-electron chi connectivity index (χ2n) is 4.27. The number of amides is 2. The fourth-order valence-corrected chi connectivity index (χ4v) is 1.54. The molecule has 1 rings (SSSR count). The molecule has 0 saturated carbocycles. The largest absolute Gasteiger partial charge is 0.343 e. The Morgan fingerprint density at radius 3 is 2.41 bits per heavy atom. The van der Waals surface area contributed by atoms with Crippen molar-refractivity contribution in [1.29, 1.82) is 0 Å². The Hall–Kier alpha value is -1.50. The van der Waals surface area contributed by atoms with E-state index in [1.807, 2.05) is 20.8 Å². The fourth-order valence-electron chi connectivity index (χ4n) is 0.953. The summed E-state index contributed by atoms with van der Waals surface area (Å²) in [4.78, 5) is 23.1. The lowest BCUT2D eigenvalue weighted by Crippen LogP contribution is -2.47. The Labute approximate surface area is 104 Å². The average molecular weight is 256 g/mol. The molecule has 0 bridgehead atoms. The van der Waals surface area contributed by atoms with Crippen LogP contribution in [0.2, 0.25) is 0 Å². The van der Waals surface area contributed by atoms with Gasteiger partial charge in [-0.2, -0.15) is 0 Å². The normalized spacial score (nSPS) is 11.1. The molecule has 0 unspecified atom stereocenters. The summed E-state index contributed by atoms with van der Waals surface area (Å²) in [5.74, 6) is -1.38. The first-order chi connectivity index (χ1) is 7.84. The second kappa shape index (κ2) is 5.22. The van der Waals surface area contributed by atoms with Crippen LogP contribution in [0.5, 0.6) is 0 Å². The molecule has 1 aromatic rings. The maximum absolute atomic E-state index is 11.6. The Morgan fingerprint density at radius 2 is 1.94 bits per heavy atom. The molecule has 2 amide bonds. The highest BCUT2D eigenvalue weighted by Gasteiger charge is 2.23. The van der Waals surface area contributed by atoms with Crippen molar-refractivity contribution < 1.29 is 9.59 Å². The van der Waals surface area contributed by atoms with E-state index < -0.39 is 17.4 Å². The number of hydrogen-bond acceptors (Lipinski definition) is 5. The molecule has 0 aliphatic heterocycles. The van der Waals surface area contributed by atoms with Crippen LogP contribution in [0.25, 0.3) is 0 Å². The summed E-state index contributed by atoms with van der Waals surface area (Å²) in [5, 5.41) is 13.6. The highest BCUT2D eigenvalue weighted by atomic mass is 32.1. The van der Waals surface area contributed by atoms with Crippen molar-refractivity contribution in [2.75, 3.05) is 5.32 Å². The molecular formula is C10H16N4O2S. The van der Waals surface area contributed by atoms with Crippen molar-refractivity contribution in [3.05, 3.63) is 5.01 Å². The van der Waals surface area contributed by atoms with Crippen LogP contribution < -0.4 is 10.6 Å². The lowest BCUT2D eigenvalue weighted by Gasteiger charge is -2.23. The third kappa shape index (κ3) is 4.10. The van der Waals surface area contributed by atoms with Crippen molar-refractivity contribution in [1.82, 2.24) is 15.5 Å². The molecule has 0 aliphatic rings. The van der Waals surface area contributed by atoms with E-state index in [0.717, 1.165) is 11.4 Å². The van der Waals surface area contributed by atoms with E-state index in [-0.39, 0.29) is 0 Å². The van der Waals surface area contributed by atoms with Crippen LogP contribution in [-0.4, -0.2) is 27.6 Å². The Morgan fingerprint density at radius 1 is 1.29 bits per heavy atom. The summed E-state index contributed by atoms with van der Waals surface area (Å²) in [6.07, 6.45) is 0.740. The standard InChI is InChI=1S/C10H16N4O2S/c1-5-10(3,4)12-8(16)7(15)11-9-14-13-6(2)17-9/h5H2,1-4H3,(H,12,16)(H,11,14,15). The number of hydrogen-bond donors (Lipinski definition) is 2. The van der Waals surface area contributed by atoms with Gasteiger partial charge in [0, 0.05) is 5.54 Å². The van der Waals surface area contributed by atoms with E-state index in [1.54, 1.807) is 6.92 Å². The van der Waals surface area contributed by atoms with Crippen LogP contribution in [-0.2, 0) is 9.59 Å². The minimum atomic E-state index is -0.720. The Balaban J connectivity index is 2.56. The van der Waals surface area contributed by atoms with Gasteiger partial charge in [-0.3, -0.25) is 14.9 Å². The van der Waals surface area contributed by atoms with E-state index in [0.29, 0.717) is 5.13 Å². The van der Waals surface area contributed by atoms with Gasteiger partial charge in [0.1, 0.15) is 5.01 Å². The minimum Gasteiger partial charge on any atom is -0.343 e. The predicted octanol–water partition coefficient (Wildman–Crippen LogP) is 1.09. The molecule has 94 valence electrons. The first-order valence-electron chi connectivity index (χ1n) is 5.27. The van der Waals surface area contributed by atoms with Crippen LogP contribution in [0.3, 0.4) is 0 Å². The van der Waals surface area contributed by atoms with Gasteiger partial charge in [-0.25, -0.2) is 0 Å². The van der Waals surface area contributed by atoms with Crippen LogP contribution in [0.15, 0.2) is 0 Å². The molecule has 0 spiro atoms. The van der Waals surface area contributed by atoms with Gasteiger partial charge in [-0.05, 0) is 27.2 Å². The van der Waals surface area contributed by atoms with E-state index in [9.17, 15) is 9.59 Å². The average Bonchev–Trinajstić information content (AvgIpc) is 2.63. The second-order valence-corrected chi connectivity index (χ2v) is 5.45. The third-order valence-electron chi connectivity index (χ3n) is 2.29. The number of anilines is 1. The molecule has 1 heterocycles. The van der Waals surface area contributed by atoms with Crippen LogP contribution in [0.1, 0.15) is 32.2 Å². The molecular weight excluding hydrogens is 240 g/mol. The number of carbonyl (C=O) groups is 2. The summed E-state index contributed by atoms with van der Waals surface area (Å²) >= 11 is 1.22. The van der Waals surface area contributed by atoms with Crippen molar-refractivity contribution in [2.45, 2.75) is 39.7 Å². The van der Waals surface area contributed by atoms with Gasteiger partial charge in [0.15, 0.2) is 0 Å². The Bertz CT molecular complexity index is 428. The number of aromatic nitrogens is 2. The summed E-state index contributed by atoms with van der Waals surface area (Å²) in [5.41, 5.74) is -0.397. The molecule has 0 saturated heterocycles. The monoisotopic (exact) mass is 256 g/mol. The van der Waals surface area contributed by atoms with E-state index in [2.05, 4.69) is 20.8 Å². The summed E-state index contributed by atoms with van der Waals surface area (Å²) in [6, 6.07) is 0. The van der Waals surface area contributed by atoms with Crippen molar-refractivity contribution >= 4 is 28.3 Å². The van der Waals surface area contributed by atoms with Gasteiger partial charge >= 0.3 is 11.8 Å². The number of rotatable bonds is 3. The van der Waals surface area contributed by atoms with Crippen LogP contribution in [0.4, 0.5) is 5.13 Å². The Kier molecular flexibility index (Phi) is 4.17. The molecule has 0 fully saturated rings. The molecule has 0 aromatic carbocycles. The molecule has 1 aromatic heterocycles. The first kappa shape index (κ1) is 13.6. The topological polar surface area (TPSA) is 84.0 Å². The van der Waals surface area contributed by atoms with Gasteiger partial charge in [-0.15, -0.1) is 10.2 Å². The van der Waals surface area contributed by atoms with Crippen molar-refractivity contribution in [2.24, 2.45) is 0 Å². The SMILES string of the molecule is CCC(C)(C)NC(=O)C(=O)Nc1nnc(C)s1.